The number of rotatable bonds is 4. The van der Waals surface area contributed by atoms with Crippen LogP contribution < -0.4 is 5.73 Å². The highest BCUT2D eigenvalue weighted by molar-refractivity contribution is 5.25. The summed E-state index contributed by atoms with van der Waals surface area (Å²) < 4.78 is 27.0. The Morgan fingerprint density at radius 3 is 2.79 bits per heavy atom. The molecule has 0 saturated carbocycles. The molecule has 1 aromatic rings. The monoisotopic (exact) mass is 268 g/mol. The minimum atomic E-state index is -0.534. The van der Waals surface area contributed by atoms with E-state index < -0.39 is 11.6 Å². The summed E-state index contributed by atoms with van der Waals surface area (Å²) in [5, 5.41) is 0. The smallest absolute Gasteiger partial charge is 0.129 e. The van der Waals surface area contributed by atoms with Crippen molar-refractivity contribution in [1.82, 2.24) is 4.90 Å². The predicted octanol–water partition coefficient (Wildman–Crippen LogP) is 2.88. The summed E-state index contributed by atoms with van der Waals surface area (Å²) >= 11 is 0. The first-order valence-corrected chi connectivity index (χ1v) is 7.06. The van der Waals surface area contributed by atoms with Gasteiger partial charge in [-0.1, -0.05) is 19.4 Å². The van der Waals surface area contributed by atoms with E-state index in [1.165, 1.54) is 12.5 Å². The molecule has 1 aliphatic heterocycles. The highest BCUT2D eigenvalue weighted by Gasteiger charge is 2.30. The SMILES string of the molecule is CCN1CCCCC1C(CN)c1ccc(F)cc1F. The molecule has 2 rings (SSSR count). The Kier molecular flexibility index (Phi) is 4.88. The normalized spacial score (nSPS) is 22.4. The highest BCUT2D eigenvalue weighted by Crippen LogP contribution is 2.31. The molecular weight excluding hydrogens is 246 g/mol. The van der Waals surface area contributed by atoms with Crippen LogP contribution in [0.1, 0.15) is 37.7 Å². The summed E-state index contributed by atoms with van der Waals surface area (Å²) in [5.41, 5.74) is 6.42. The van der Waals surface area contributed by atoms with Gasteiger partial charge in [-0.05, 0) is 37.6 Å². The third-order valence-corrected chi connectivity index (χ3v) is 4.15. The summed E-state index contributed by atoms with van der Waals surface area (Å²) in [6.45, 7) is 4.50. The van der Waals surface area contributed by atoms with Gasteiger partial charge in [0.2, 0.25) is 0 Å². The van der Waals surface area contributed by atoms with Crippen LogP contribution in [0.5, 0.6) is 0 Å². The summed E-state index contributed by atoms with van der Waals surface area (Å²) in [5.74, 6) is -1.06. The fourth-order valence-corrected chi connectivity index (χ4v) is 3.16. The number of nitrogens with two attached hydrogens (primary N) is 1. The van der Waals surface area contributed by atoms with Crippen LogP contribution in [0.4, 0.5) is 8.78 Å². The molecule has 2 atom stereocenters. The molecule has 1 heterocycles. The molecule has 2 N–H and O–H groups in total. The number of hydrogen-bond acceptors (Lipinski definition) is 2. The second-order valence-electron chi connectivity index (χ2n) is 5.20. The third-order valence-electron chi connectivity index (χ3n) is 4.15. The molecule has 1 saturated heterocycles. The van der Waals surface area contributed by atoms with E-state index in [2.05, 4.69) is 11.8 Å². The Balaban J connectivity index is 2.27. The zero-order valence-corrected chi connectivity index (χ0v) is 11.4. The Bertz CT molecular complexity index is 423. The van der Waals surface area contributed by atoms with Gasteiger partial charge >= 0.3 is 0 Å². The van der Waals surface area contributed by atoms with Gasteiger partial charge in [0.25, 0.3) is 0 Å². The fourth-order valence-electron chi connectivity index (χ4n) is 3.16. The van der Waals surface area contributed by atoms with Gasteiger partial charge in [0.1, 0.15) is 11.6 Å². The fraction of sp³-hybridized carbons (Fsp3) is 0.600. The molecule has 0 bridgehead atoms. The van der Waals surface area contributed by atoms with Gasteiger partial charge < -0.3 is 10.6 Å². The molecule has 4 heteroatoms. The minimum Gasteiger partial charge on any atom is -0.330 e. The maximum absolute atomic E-state index is 14.0. The number of hydrogen-bond donors (Lipinski definition) is 1. The average Bonchev–Trinajstić information content (AvgIpc) is 2.42. The summed E-state index contributed by atoms with van der Waals surface area (Å²) in [4.78, 5) is 2.36. The first kappa shape index (κ1) is 14.4. The first-order valence-electron chi connectivity index (χ1n) is 7.06. The molecule has 0 aliphatic carbocycles. The molecule has 19 heavy (non-hydrogen) atoms. The van der Waals surface area contributed by atoms with Crippen LogP contribution in [0.15, 0.2) is 18.2 Å². The highest BCUT2D eigenvalue weighted by atomic mass is 19.1. The van der Waals surface area contributed by atoms with E-state index in [0.29, 0.717) is 12.1 Å². The molecule has 1 fully saturated rings. The van der Waals surface area contributed by atoms with Crippen LogP contribution in [0.3, 0.4) is 0 Å². The van der Waals surface area contributed by atoms with Crippen molar-refractivity contribution in [3.05, 3.63) is 35.4 Å². The van der Waals surface area contributed by atoms with Crippen LogP contribution in [-0.4, -0.2) is 30.6 Å². The summed E-state index contributed by atoms with van der Waals surface area (Å²) in [6, 6.07) is 4.09. The predicted molar refractivity (Wildman–Crippen MR) is 73.0 cm³/mol. The number of halogens is 2. The molecule has 0 radical (unpaired) electrons. The van der Waals surface area contributed by atoms with Crippen molar-refractivity contribution >= 4 is 0 Å². The van der Waals surface area contributed by atoms with Crippen LogP contribution >= 0.6 is 0 Å². The maximum atomic E-state index is 14.0. The second-order valence-corrected chi connectivity index (χ2v) is 5.20. The van der Waals surface area contributed by atoms with Crippen LogP contribution in [0.25, 0.3) is 0 Å². The van der Waals surface area contributed by atoms with Crippen molar-refractivity contribution in [2.45, 2.75) is 38.1 Å². The van der Waals surface area contributed by atoms with Crippen molar-refractivity contribution < 1.29 is 8.78 Å². The molecule has 2 nitrogen and oxygen atoms in total. The molecule has 0 spiro atoms. The molecular formula is C15H22F2N2. The standard InChI is InChI=1S/C15H22F2N2/c1-2-19-8-4-3-5-15(19)13(10-18)12-7-6-11(16)9-14(12)17/h6-7,9,13,15H,2-5,8,10,18H2,1H3. The van der Waals surface area contributed by atoms with Crippen LogP contribution in [0, 0.1) is 11.6 Å². The number of likely N-dealkylation sites (N-methyl/N-ethyl adjacent to an activating group) is 1. The summed E-state index contributed by atoms with van der Waals surface area (Å²) in [6.07, 6.45) is 3.38. The van der Waals surface area contributed by atoms with Crippen molar-refractivity contribution in [2.75, 3.05) is 19.6 Å². The minimum absolute atomic E-state index is 0.0548. The molecule has 106 valence electrons. The van der Waals surface area contributed by atoms with E-state index >= 15 is 0 Å². The maximum Gasteiger partial charge on any atom is 0.129 e. The van der Waals surface area contributed by atoms with E-state index in [1.54, 1.807) is 6.07 Å². The number of benzene rings is 1. The summed E-state index contributed by atoms with van der Waals surface area (Å²) in [7, 11) is 0. The Labute approximate surface area is 113 Å². The van der Waals surface area contributed by atoms with Gasteiger partial charge in [-0.15, -0.1) is 0 Å². The van der Waals surface area contributed by atoms with Crippen molar-refractivity contribution in [3.63, 3.8) is 0 Å². The van der Waals surface area contributed by atoms with Gasteiger partial charge in [0, 0.05) is 24.6 Å². The topological polar surface area (TPSA) is 29.3 Å². The van der Waals surface area contributed by atoms with Gasteiger partial charge in [0.05, 0.1) is 0 Å². The lowest BCUT2D eigenvalue weighted by atomic mass is 9.85. The lowest BCUT2D eigenvalue weighted by Gasteiger charge is -2.39. The van der Waals surface area contributed by atoms with Crippen LogP contribution in [0.2, 0.25) is 0 Å². The molecule has 2 unspecified atom stereocenters. The largest absolute Gasteiger partial charge is 0.330 e. The van der Waals surface area contributed by atoms with Gasteiger partial charge in [-0.3, -0.25) is 0 Å². The first-order chi connectivity index (χ1) is 9.17. The lowest BCUT2D eigenvalue weighted by molar-refractivity contribution is 0.132. The Hall–Kier alpha value is -1.00. The molecule has 1 aliphatic rings. The van der Waals surface area contributed by atoms with Gasteiger partial charge in [-0.25, -0.2) is 8.78 Å². The second kappa shape index (κ2) is 6.44. The van der Waals surface area contributed by atoms with E-state index in [-0.39, 0.29) is 12.0 Å². The van der Waals surface area contributed by atoms with Crippen LogP contribution in [-0.2, 0) is 0 Å². The van der Waals surface area contributed by atoms with Gasteiger partial charge in [-0.2, -0.15) is 0 Å². The zero-order chi connectivity index (χ0) is 13.8. The third kappa shape index (κ3) is 3.12. The van der Waals surface area contributed by atoms with E-state index in [1.807, 2.05) is 0 Å². The van der Waals surface area contributed by atoms with Crippen molar-refractivity contribution in [3.8, 4) is 0 Å². The molecule has 0 amide bonds. The van der Waals surface area contributed by atoms with E-state index in [9.17, 15) is 8.78 Å². The molecule has 1 aromatic carbocycles. The Morgan fingerprint density at radius 2 is 2.16 bits per heavy atom. The quantitative estimate of drug-likeness (QED) is 0.909. The van der Waals surface area contributed by atoms with E-state index in [4.69, 9.17) is 5.73 Å². The number of nitrogens with zero attached hydrogens (tertiary/aromatic N) is 1. The van der Waals surface area contributed by atoms with E-state index in [0.717, 1.165) is 32.0 Å². The number of piperidine rings is 1. The zero-order valence-electron chi connectivity index (χ0n) is 11.4. The Morgan fingerprint density at radius 1 is 1.37 bits per heavy atom. The lowest BCUT2D eigenvalue weighted by Crippen LogP contribution is -2.45. The van der Waals surface area contributed by atoms with Crippen molar-refractivity contribution in [1.29, 1.82) is 0 Å². The number of likely N-dealkylation sites (tertiary alicyclic amines) is 1. The van der Waals surface area contributed by atoms with Crippen molar-refractivity contribution in [2.24, 2.45) is 5.73 Å². The van der Waals surface area contributed by atoms with Gasteiger partial charge in [0.15, 0.2) is 0 Å². The average molecular weight is 268 g/mol. The molecule has 0 aromatic heterocycles.